The molecule has 1 N–H and O–H groups in total. The number of rotatable bonds is 6. The number of benzene rings is 1. The van der Waals surface area contributed by atoms with E-state index in [0.29, 0.717) is 30.8 Å². The lowest BCUT2D eigenvalue weighted by atomic mass is 10.1. The van der Waals surface area contributed by atoms with E-state index < -0.39 is 9.84 Å². The van der Waals surface area contributed by atoms with E-state index in [9.17, 15) is 18.0 Å². The molecule has 1 saturated heterocycles. The number of carbonyl (C=O) groups is 2. The van der Waals surface area contributed by atoms with Crippen LogP contribution in [-0.2, 0) is 19.4 Å². The molecule has 2 fully saturated rings. The Labute approximate surface area is 153 Å². The molecule has 3 unspecified atom stereocenters. The maximum Gasteiger partial charge on any atom is 0.228 e. The summed E-state index contributed by atoms with van der Waals surface area (Å²) in [6, 6.07) is 6.85. The summed E-state index contributed by atoms with van der Waals surface area (Å²) in [6.45, 7) is 2.30. The van der Waals surface area contributed by atoms with Gasteiger partial charge in [0.1, 0.15) is 5.75 Å². The van der Waals surface area contributed by atoms with Gasteiger partial charge in [0.15, 0.2) is 9.84 Å². The Kier molecular flexibility index (Phi) is 5.22. The molecule has 0 aromatic heterocycles. The minimum atomic E-state index is -3.05. The molecule has 26 heavy (non-hydrogen) atoms. The minimum absolute atomic E-state index is 0.0252. The molecule has 1 heterocycles. The summed E-state index contributed by atoms with van der Waals surface area (Å²) in [5.41, 5.74) is 0.576. The Morgan fingerprint density at radius 2 is 2.00 bits per heavy atom. The summed E-state index contributed by atoms with van der Waals surface area (Å²) >= 11 is 0. The molecule has 0 spiro atoms. The van der Waals surface area contributed by atoms with E-state index in [0.717, 1.165) is 0 Å². The molecule has 1 saturated carbocycles. The molecular weight excluding hydrogens is 356 g/mol. The first-order valence-corrected chi connectivity index (χ1v) is 10.6. The van der Waals surface area contributed by atoms with E-state index in [4.69, 9.17) is 4.74 Å². The van der Waals surface area contributed by atoms with Crippen LogP contribution in [0.25, 0.3) is 0 Å². The summed E-state index contributed by atoms with van der Waals surface area (Å²) in [5, 5.41) is 2.82. The Balaban J connectivity index is 1.61. The van der Waals surface area contributed by atoms with Crippen LogP contribution in [0.3, 0.4) is 0 Å². The van der Waals surface area contributed by atoms with Crippen LogP contribution in [0.5, 0.6) is 5.75 Å². The maximum atomic E-state index is 12.8. The summed E-state index contributed by atoms with van der Waals surface area (Å²) < 4.78 is 28.6. The van der Waals surface area contributed by atoms with Crippen molar-refractivity contribution in [3.05, 3.63) is 24.3 Å². The van der Waals surface area contributed by atoms with Gasteiger partial charge in [-0.3, -0.25) is 9.59 Å². The van der Waals surface area contributed by atoms with Gasteiger partial charge in [0.2, 0.25) is 11.8 Å². The van der Waals surface area contributed by atoms with Crippen LogP contribution in [0.15, 0.2) is 24.3 Å². The monoisotopic (exact) mass is 380 g/mol. The van der Waals surface area contributed by atoms with Gasteiger partial charge in [0.05, 0.1) is 36.1 Å². The summed E-state index contributed by atoms with van der Waals surface area (Å²) in [5.74, 6) is -0.345. The topological polar surface area (TPSA) is 92.8 Å². The van der Waals surface area contributed by atoms with Crippen molar-refractivity contribution in [2.75, 3.05) is 30.5 Å². The number of hydrogen-bond donors (Lipinski definition) is 1. The highest BCUT2D eigenvalue weighted by atomic mass is 32.2. The summed E-state index contributed by atoms with van der Waals surface area (Å²) in [7, 11) is -1.52. The Morgan fingerprint density at radius 1 is 1.27 bits per heavy atom. The lowest BCUT2D eigenvalue weighted by molar-refractivity contribution is -0.135. The van der Waals surface area contributed by atoms with Gasteiger partial charge in [-0.15, -0.1) is 0 Å². The molecule has 2 amide bonds. The van der Waals surface area contributed by atoms with Crippen molar-refractivity contribution in [2.24, 2.45) is 11.8 Å². The molecule has 142 valence electrons. The molecular formula is C18H24N2O5S. The fourth-order valence-corrected chi connectivity index (χ4v) is 5.29. The number of para-hydroxylation sites is 2. The smallest absolute Gasteiger partial charge is 0.228 e. The molecule has 1 aliphatic carbocycles. The van der Waals surface area contributed by atoms with Crippen LogP contribution in [0, 0.1) is 11.8 Å². The van der Waals surface area contributed by atoms with Gasteiger partial charge in [-0.05, 0) is 31.9 Å². The van der Waals surface area contributed by atoms with Crippen LogP contribution in [0.2, 0.25) is 0 Å². The molecule has 1 aromatic rings. The molecule has 1 aliphatic heterocycles. The maximum absolute atomic E-state index is 12.8. The number of methoxy groups -OCH3 is 1. The number of anilines is 1. The third-order valence-corrected chi connectivity index (χ3v) is 6.83. The third kappa shape index (κ3) is 3.85. The molecule has 2 aliphatic rings. The fourth-order valence-electron chi connectivity index (χ4n) is 3.56. The number of amides is 2. The molecule has 3 atom stereocenters. The SMILES string of the molecule is CCN(C(=O)C1CC1C(=O)Nc1ccccc1OC)C1CCS(=O)(=O)C1. The van der Waals surface area contributed by atoms with Gasteiger partial charge in [0.25, 0.3) is 0 Å². The zero-order valence-corrected chi connectivity index (χ0v) is 15.8. The first-order chi connectivity index (χ1) is 12.4. The lowest BCUT2D eigenvalue weighted by Crippen LogP contribution is -2.42. The third-order valence-electron chi connectivity index (χ3n) is 5.08. The van der Waals surface area contributed by atoms with Gasteiger partial charge in [0, 0.05) is 12.6 Å². The van der Waals surface area contributed by atoms with Crippen LogP contribution in [0.4, 0.5) is 5.69 Å². The van der Waals surface area contributed by atoms with E-state index >= 15 is 0 Å². The number of nitrogens with zero attached hydrogens (tertiary/aromatic N) is 1. The zero-order chi connectivity index (χ0) is 18.9. The van der Waals surface area contributed by atoms with E-state index in [2.05, 4.69) is 5.32 Å². The van der Waals surface area contributed by atoms with Crippen LogP contribution in [0.1, 0.15) is 19.8 Å². The number of sulfone groups is 1. The van der Waals surface area contributed by atoms with Gasteiger partial charge < -0.3 is 15.0 Å². The number of hydrogen-bond acceptors (Lipinski definition) is 5. The van der Waals surface area contributed by atoms with Crippen LogP contribution < -0.4 is 10.1 Å². The number of nitrogens with one attached hydrogen (secondary N) is 1. The van der Waals surface area contributed by atoms with Crippen molar-refractivity contribution < 1.29 is 22.7 Å². The first-order valence-electron chi connectivity index (χ1n) is 8.81. The first kappa shape index (κ1) is 18.7. The summed E-state index contributed by atoms with van der Waals surface area (Å²) in [6.07, 6.45) is 0.975. The minimum Gasteiger partial charge on any atom is -0.495 e. The molecule has 3 rings (SSSR count). The van der Waals surface area contributed by atoms with E-state index in [1.165, 1.54) is 7.11 Å². The predicted octanol–water partition coefficient (Wildman–Crippen LogP) is 1.31. The van der Waals surface area contributed by atoms with Gasteiger partial charge >= 0.3 is 0 Å². The highest BCUT2D eigenvalue weighted by Gasteiger charge is 2.51. The van der Waals surface area contributed by atoms with Crippen molar-refractivity contribution in [2.45, 2.75) is 25.8 Å². The Hall–Kier alpha value is -2.09. The van der Waals surface area contributed by atoms with Crippen LogP contribution in [-0.4, -0.2) is 56.3 Å². The molecule has 7 nitrogen and oxygen atoms in total. The van der Waals surface area contributed by atoms with E-state index in [1.807, 2.05) is 13.0 Å². The van der Waals surface area contributed by atoms with E-state index in [1.54, 1.807) is 23.1 Å². The predicted molar refractivity (Wildman–Crippen MR) is 97.7 cm³/mol. The Bertz CT molecular complexity index is 808. The summed E-state index contributed by atoms with van der Waals surface area (Å²) in [4.78, 5) is 26.8. The highest BCUT2D eigenvalue weighted by Crippen LogP contribution is 2.42. The van der Waals surface area contributed by atoms with E-state index in [-0.39, 0.29) is 41.2 Å². The zero-order valence-electron chi connectivity index (χ0n) is 15.0. The number of carbonyl (C=O) groups excluding carboxylic acids is 2. The molecule has 0 radical (unpaired) electrons. The van der Waals surface area contributed by atoms with Crippen molar-refractivity contribution in [3.63, 3.8) is 0 Å². The van der Waals surface area contributed by atoms with Crippen molar-refractivity contribution in [3.8, 4) is 5.75 Å². The second-order valence-electron chi connectivity index (χ2n) is 6.82. The molecule has 0 bridgehead atoms. The standard InChI is InChI=1S/C18H24N2O5S/c1-3-20(12-8-9-26(23,24)11-12)18(22)14-10-13(14)17(21)19-15-6-4-5-7-16(15)25-2/h4-7,12-14H,3,8-11H2,1-2H3,(H,19,21). The molecule has 1 aromatic carbocycles. The van der Waals surface area contributed by atoms with Crippen molar-refractivity contribution in [1.82, 2.24) is 4.90 Å². The number of ether oxygens (including phenoxy) is 1. The fraction of sp³-hybridized carbons (Fsp3) is 0.556. The average Bonchev–Trinajstić information content (AvgIpc) is 3.34. The highest BCUT2D eigenvalue weighted by molar-refractivity contribution is 7.91. The average molecular weight is 380 g/mol. The van der Waals surface area contributed by atoms with Gasteiger partial charge in [-0.2, -0.15) is 0 Å². The normalized spacial score (nSPS) is 26.2. The van der Waals surface area contributed by atoms with Crippen LogP contribution >= 0.6 is 0 Å². The lowest BCUT2D eigenvalue weighted by Gasteiger charge is -2.27. The van der Waals surface area contributed by atoms with Gasteiger partial charge in [-0.25, -0.2) is 8.42 Å². The van der Waals surface area contributed by atoms with Gasteiger partial charge in [-0.1, -0.05) is 12.1 Å². The largest absolute Gasteiger partial charge is 0.495 e. The molecule has 8 heteroatoms. The van der Waals surface area contributed by atoms with Crippen molar-refractivity contribution in [1.29, 1.82) is 0 Å². The second-order valence-corrected chi connectivity index (χ2v) is 9.05. The van der Waals surface area contributed by atoms with Crippen molar-refractivity contribution >= 4 is 27.3 Å². The Morgan fingerprint density at radius 3 is 2.62 bits per heavy atom. The quantitative estimate of drug-likeness (QED) is 0.803. The second kappa shape index (κ2) is 7.26.